The Kier molecular flexibility index (Phi) is 6.01. The van der Waals surface area contributed by atoms with E-state index in [-0.39, 0.29) is 12.5 Å². The zero-order valence-electron chi connectivity index (χ0n) is 13.6. The largest absolute Gasteiger partial charge is 0.447 e. The number of hydrogen-bond donors (Lipinski definition) is 0. The van der Waals surface area contributed by atoms with Gasteiger partial charge in [-0.15, -0.1) is 0 Å². The molecule has 0 fully saturated rings. The molecule has 24 heavy (non-hydrogen) atoms. The molecule has 0 saturated heterocycles. The molecule has 1 unspecified atom stereocenters. The second-order valence-electron chi connectivity index (χ2n) is 5.24. The first-order chi connectivity index (χ1) is 11.5. The van der Waals surface area contributed by atoms with Gasteiger partial charge in [0.15, 0.2) is 0 Å². The van der Waals surface area contributed by atoms with Gasteiger partial charge >= 0.3 is 5.97 Å². The van der Waals surface area contributed by atoms with Crippen molar-refractivity contribution >= 4 is 11.9 Å². The van der Waals surface area contributed by atoms with Crippen molar-refractivity contribution in [3.63, 3.8) is 0 Å². The highest BCUT2D eigenvalue weighted by atomic mass is 19.1. The molecule has 1 heterocycles. The van der Waals surface area contributed by atoms with Gasteiger partial charge in [-0.1, -0.05) is 30.3 Å². The highest BCUT2D eigenvalue weighted by Crippen LogP contribution is 2.21. The lowest BCUT2D eigenvalue weighted by Gasteiger charge is -2.26. The summed E-state index contributed by atoms with van der Waals surface area (Å²) in [7, 11) is 0. The monoisotopic (exact) mass is 330 g/mol. The minimum absolute atomic E-state index is 0.208. The van der Waals surface area contributed by atoms with E-state index in [9.17, 15) is 14.0 Å². The van der Waals surface area contributed by atoms with Gasteiger partial charge in [0.1, 0.15) is 0 Å². The van der Waals surface area contributed by atoms with Gasteiger partial charge in [0.25, 0.3) is 5.91 Å². The molecule has 1 amide bonds. The van der Waals surface area contributed by atoms with E-state index >= 15 is 0 Å². The molecule has 0 radical (unpaired) electrons. The summed E-state index contributed by atoms with van der Waals surface area (Å²) in [5.74, 6) is -1.49. The van der Waals surface area contributed by atoms with Gasteiger partial charge in [0.2, 0.25) is 12.1 Å². The van der Waals surface area contributed by atoms with Gasteiger partial charge in [0.05, 0.1) is 0 Å². The van der Waals surface area contributed by atoms with Gasteiger partial charge in [-0.05, 0) is 24.6 Å². The quantitative estimate of drug-likeness (QED) is 0.604. The summed E-state index contributed by atoms with van der Waals surface area (Å²) in [6, 6.07) is 11.7. The van der Waals surface area contributed by atoms with E-state index < -0.39 is 18.0 Å². The number of amides is 1. The molecule has 0 spiro atoms. The van der Waals surface area contributed by atoms with E-state index in [1.807, 2.05) is 13.0 Å². The number of carbonyl (C=O) groups is 2. The molecule has 0 N–H and O–H groups in total. The number of esters is 1. The molecular formula is C18H19FN2O3. The topological polar surface area (TPSA) is 59.5 Å². The van der Waals surface area contributed by atoms with Crippen molar-refractivity contribution in [3.8, 4) is 0 Å². The van der Waals surface area contributed by atoms with Crippen LogP contribution in [0.15, 0.2) is 48.7 Å². The highest BCUT2D eigenvalue weighted by molar-refractivity contribution is 5.84. The van der Waals surface area contributed by atoms with Crippen molar-refractivity contribution in [1.82, 2.24) is 9.88 Å². The van der Waals surface area contributed by atoms with E-state index in [1.165, 1.54) is 24.1 Å². The first-order valence-corrected chi connectivity index (χ1v) is 7.62. The molecule has 2 rings (SSSR count). The summed E-state index contributed by atoms with van der Waals surface area (Å²) >= 11 is 0. The summed E-state index contributed by atoms with van der Waals surface area (Å²) in [6.07, 6.45) is 0.333. The fraction of sp³-hybridized carbons (Fsp3) is 0.278. The van der Waals surface area contributed by atoms with Crippen molar-refractivity contribution in [2.24, 2.45) is 0 Å². The number of hydrogen-bond acceptors (Lipinski definition) is 4. The average Bonchev–Trinajstić information content (AvgIpc) is 2.57. The molecular weight excluding hydrogens is 311 g/mol. The zero-order chi connectivity index (χ0) is 17.5. The van der Waals surface area contributed by atoms with Crippen LogP contribution >= 0.6 is 0 Å². The van der Waals surface area contributed by atoms with Gasteiger partial charge in [-0.25, -0.2) is 4.98 Å². The molecule has 1 aromatic heterocycles. The lowest BCUT2D eigenvalue weighted by atomic mass is 10.1. The van der Waals surface area contributed by atoms with Crippen LogP contribution < -0.4 is 0 Å². The zero-order valence-corrected chi connectivity index (χ0v) is 13.6. The van der Waals surface area contributed by atoms with Crippen molar-refractivity contribution in [3.05, 3.63) is 65.7 Å². The molecule has 6 heteroatoms. The van der Waals surface area contributed by atoms with Crippen LogP contribution in [0, 0.1) is 5.95 Å². The van der Waals surface area contributed by atoms with Gasteiger partial charge in [0, 0.05) is 31.8 Å². The lowest BCUT2D eigenvalue weighted by Crippen LogP contribution is -2.36. The summed E-state index contributed by atoms with van der Waals surface area (Å²) in [5, 5.41) is 0. The highest BCUT2D eigenvalue weighted by Gasteiger charge is 2.28. The molecule has 1 atom stereocenters. The Labute approximate surface area is 140 Å². The van der Waals surface area contributed by atoms with Crippen molar-refractivity contribution in [1.29, 1.82) is 0 Å². The van der Waals surface area contributed by atoms with E-state index in [0.717, 1.165) is 0 Å². The van der Waals surface area contributed by atoms with Crippen LogP contribution in [0.5, 0.6) is 0 Å². The Morgan fingerprint density at radius 3 is 2.54 bits per heavy atom. The molecule has 1 aromatic carbocycles. The number of likely N-dealkylation sites (N-methyl/N-ethyl adjacent to an activating group) is 1. The van der Waals surface area contributed by atoms with E-state index in [0.29, 0.717) is 17.7 Å². The van der Waals surface area contributed by atoms with Crippen LogP contribution in [0.3, 0.4) is 0 Å². The molecule has 0 aliphatic rings. The van der Waals surface area contributed by atoms with Crippen LogP contribution in [-0.4, -0.2) is 28.3 Å². The average molecular weight is 330 g/mol. The number of carbonyl (C=O) groups excluding carboxylic acids is 2. The normalized spacial score (nSPS) is 11.6. The standard InChI is InChI=1S/C18H19FN2O3/c1-3-21(12-14-9-10-20-16(19)11-14)18(23)17(24-13(2)22)15-7-5-4-6-8-15/h4-11,17H,3,12H2,1-2H3. The first kappa shape index (κ1) is 17.6. The second-order valence-corrected chi connectivity index (χ2v) is 5.24. The molecule has 2 aromatic rings. The molecule has 5 nitrogen and oxygen atoms in total. The maximum Gasteiger partial charge on any atom is 0.303 e. The molecule has 0 aliphatic carbocycles. The first-order valence-electron chi connectivity index (χ1n) is 7.62. The van der Waals surface area contributed by atoms with Crippen LogP contribution in [0.25, 0.3) is 0 Å². The summed E-state index contributed by atoms with van der Waals surface area (Å²) < 4.78 is 18.5. The number of benzene rings is 1. The number of nitrogens with zero attached hydrogens (tertiary/aromatic N) is 2. The third-order valence-electron chi connectivity index (χ3n) is 3.47. The van der Waals surface area contributed by atoms with E-state index in [1.54, 1.807) is 30.3 Å². The van der Waals surface area contributed by atoms with Crippen LogP contribution in [0.4, 0.5) is 4.39 Å². The summed E-state index contributed by atoms with van der Waals surface area (Å²) in [5.41, 5.74) is 1.21. The van der Waals surface area contributed by atoms with E-state index in [2.05, 4.69) is 4.98 Å². The van der Waals surface area contributed by atoms with Gasteiger partial charge < -0.3 is 9.64 Å². The number of halogens is 1. The smallest absolute Gasteiger partial charge is 0.303 e. The third kappa shape index (κ3) is 4.62. The Morgan fingerprint density at radius 1 is 1.25 bits per heavy atom. The Balaban J connectivity index is 2.23. The Bertz CT molecular complexity index is 706. The number of aromatic nitrogens is 1. The van der Waals surface area contributed by atoms with Crippen LogP contribution in [0.2, 0.25) is 0 Å². The van der Waals surface area contributed by atoms with Gasteiger partial charge in [-0.2, -0.15) is 4.39 Å². The maximum absolute atomic E-state index is 13.2. The van der Waals surface area contributed by atoms with Crippen LogP contribution in [-0.2, 0) is 20.9 Å². The van der Waals surface area contributed by atoms with Crippen LogP contribution in [0.1, 0.15) is 31.1 Å². The van der Waals surface area contributed by atoms with Crippen molar-refractivity contribution in [2.45, 2.75) is 26.5 Å². The molecule has 0 bridgehead atoms. The fourth-order valence-corrected chi connectivity index (χ4v) is 2.33. The maximum atomic E-state index is 13.2. The van der Waals surface area contributed by atoms with E-state index in [4.69, 9.17) is 4.74 Å². The van der Waals surface area contributed by atoms with Crippen molar-refractivity contribution in [2.75, 3.05) is 6.54 Å². The summed E-state index contributed by atoms with van der Waals surface area (Å²) in [4.78, 5) is 29.2. The molecule has 126 valence electrons. The fourth-order valence-electron chi connectivity index (χ4n) is 2.33. The second kappa shape index (κ2) is 8.19. The Morgan fingerprint density at radius 2 is 1.96 bits per heavy atom. The van der Waals surface area contributed by atoms with Crippen molar-refractivity contribution < 1.29 is 18.7 Å². The Hall–Kier alpha value is -2.76. The molecule has 0 aliphatic heterocycles. The predicted molar refractivity (Wildman–Crippen MR) is 86.2 cm³/mol. The predicted octanol–water partition coefficient (Wildman–Crippen LogP) is 2.87. The molecule has 0 saturated carbocycles. The lowest BCUT2D eigenvalue weighted by molar-refractivity contribution is -0.159. The minimum atomic E-state index is -1.02. The SMILES string of the molecule is CCN(Cc1ccnc(F)c1)C(=O)C(OC(C)=O)c1ccccc1. The number of rotatable bonds is 6. The third-order valence-corrected chi connectivity index (χ3v) is 3.47. The van der Waals surface area contributed by atoms with Gasteiger partial charge in [-0.3, -0.25) is 9.59 Å². The summed E-state index contributed by atoms with van der Waals surface area (Å²) in [6.45, 7) is 3.68. The minimum Gasteiger partial charge on any atom is -0.447 e. The number of pyridine rings is 1. The number of ether oxygens (including phenoxy) is 1.